The zero-order chi connectivity index (χ0) is 17.1. The van der Waals surface area contributed by atoms with Gasteiger partial charge in [-0.15, -0.1) is 0 Å². The van der Waals surface area contributed by atoms with Gasteiger partial charge in [0, 0.05) is 5.56 Å². The van der Waals surface area contributed by atoms with E-state index in [-0.39, 0.29) is 11.4 Å². The molecule has 0 aliphatic rings. The van der Waals surface area contributed by atoms with Gasteiger partial charge in [0.25, 0.3) is 0 Å². The molecule has 0 N–H and O–H groups in total. The molecule has 0 aliphatic heterocycles. The van der Waals surface area contributed by atoms with E-state index in [4.69, 9.17) is 0 Å². The zero-order valence-corrected chi connectivity index (χ0v) is 13.2. The van der Waals surface area contributed by atoms with E-state index in [1.54, 1.807) is 30.3 Å². The van der Waals surface area contributed by atoms with Crippen LogP contribution in [-0.4, -0.2) is 0 Å². The molecule has 0 aromatic heterocycles. The molecule has 3 heteroatoms. The minimum Gasteiger partial charge on any atom is -0.207 e. The summed E-state index contributed by atoms with van der Waals surface area (Å²) in [5.41, 5.74) is 1.06. The van der Waals surface area contributed by atoms with E-state index < -0.39 is 11.6 Å². The SMILES string of the molecule is CCCc1ccc(C#Cc2ccc3cc(F)ccc3c2)c(F)c1F. The third kappa shape index (κ3) is 3.28. The van der Waals surface area contributed by atoms with E-state index in [2.05, 4.69) is 11.8 Å². The number of aryl methyl sites for hydroxylation is 1. The van der Waals surface area contributed by atoms with Crippen LogP contribution in [0.15, 0.2) is 48.5 Å². The van der Waals surface area contributed by atoms with E-state index in [0.29, 0.717) is 17.5 Å². The summed E-state index contributed by atoms with van der Waals surface area (Å²) < 4.78 is 41.2. The lowest BCUT2D eigenvalue weighted by Gasteiger charge is -2.03. The van der Waals surface area contributed by atoms with Crippen LogP contribution in [0.2, 0.25) is 0 Å². The van der Waals surface area contributed by atoms with Crippen molar-refractivity contribution in [1.29, 1.82) is 0 Å². The summed E-state index contributed by atoms with van der Waals surface area (Å²) in [5, 5.41) is 1.61. The third-order valence-corrected chi connectivity index (χ3v) is 3.83. The van der Waals surface area contributed by atoms with Gasteiger partial charge >= 0.3 is 0 Å². The largest absolute Gasteiger partial charge is 0.207 e. The molecule has 0 unspecified atom stereocenters. The Bertz CT molecular complexity index is 962. The van der Waals surface area contributed by atoms with Crippen molar-refractivity contribution < 1.29 is 13.2 Å². The average Bonchev–Trinajstić information content (AvgIpc) is 2.58. The summed E-state index contributed by atoms with van der Waals surface area (Å²) in [6.07, 6.45) is 1.25. The van der Waals surface area contributed by atoms with E-state index in [0.717, 1.165) is 17.2 Å². The molecule has 3 aromatic carbocycles. The highest BCUT2D eigenvalue weighted by Gasteiger charge is 2.11. The van der Waals surface area contributed by atoms with Crippen molar-refractivity contribution in [3.05, 3.63) is 82.7 Å². The standard InChI is InChI=1S/C21H15F3/c1-2-3-15-8-9-16(21(24)20(15)23)6-4-14-5-7-18-13-19(22)11-10-17(18)12-14/h5,7-13H,2-3H2,1H3. The predicted molar refractivity (Wildman–Crippen MR) is 90.2 cm³/mol. The van der Waals surface area contributed by atoms with Gasteiger partial charge in [-0.25, -0.2) is 13.2 Å². The molecule has 0 amide bonds. The van der Waals surface area contributed by atoms with E-state index in [1.165, 1.54) is 18.2 Å². The Labute approximate surface area is 138 Å². The summed E-state index contributed by atoms with van der Waals surface area (Å²) in [6.45, 7) is 1.91. The van der Waals surface area contributed by atoms with E-state index in [1.807, 2.05) is 6.92 Å². The third-order valence-electron chi connectivity index (χ3n) is 3.83. The first-order chi connectivity index (χ1) is 11.6. The fraction of sp³-hybridized carbons (Fsp3) is 0.143. The number of hydrogen-bond acceptors (Lipinski definition) is 0. The summed E-state index contributed by atoms with van der Waals surface area (Å²) in [7, 11) is 0. The van der Waals surface area contributed by atoms with Crippen LogP contribution in [0.4, 0.5) is 13.2 Å². The Balaban J connectivity index is 1.95. The first kappa shape index (κ1) is 16.1. The van der Waals surface area contributed by atoms with Crippen LogP contribution in [0.25, 0.3) is 10.8 Å². The fourth-order valence-corrected chi connectivity index (χ4v) is 2.58. The van der Waals surface area contributed by atoms with Gasteiger partial charge in [-0.3, -0.25) is 0 Å². The van der Waals surface area contributed by atoms with Gasteiger partial charge in [0.05, 0.1) is 5.56 Å². The molecule has 0 bridgehead atoms. The second-order valence-electron chi connectivity index (χ2n) is 5.61. The maximum atomic E-state index is 14.1. The minimum absolute atomic E-state index is 0.0338. The van der Waals surface area contributed by atoms with E-state index >= 15 is 0 Å². The molecule has 0 saturated carbocycles. The highest BCUT2D eigenvalue weighted by atomic mass is 19.2. The monoisotopic (exact) mass is 324 g/mol. The van der Waals surface area contributed by atoms with Crippen LogP contribution in [0.1, 0.15) is 30.0 Å². The van der Waals surface area contributed by atoms with Crippen molar-refractivity contribution in [1.82, 2.24) is 0 Å². The molecule has 0 saturated heterocycles. The van der Waals surface area contributed by atoms with Crippen molar-refractivity contribution in [2.24, 2.45) is 0 Å². The molecule has 0 nitrogen and oxygen atoms in total. The van der Waals surface area contributed by atoms with Gasteiger partial charge in [-0.2, -0.15) is 0 Å². The number of fused-ring (bicyclic) bond motifs is 1. The maximum absolute atomic E-state index is 14.1. The van der Waals surface area contributed by atoms with Crippen molar-refractivity contribution in [2.45, 2.75) is 19.8 Å². The molecule has 3 rings (SSSR count). The highest BCUT2D eigenvalue weighted by Crippen LogP contribution is 2.19. The number of halogens is 3. The lowest BCUT2D eigenvalue weighted by Crippen LogP contribution is -1.97. The van der Waals surface area contributed by atoms with E-state index in [9.17, 15) is 13.2 Å². The number of rotatable bonds is 2. The summed E-state index contributed by atoms with van der Waals surface area (Å²) in [5.74, 6) is 3.49. The molecule has 0 spiro atoms. The molecule has 120 valence electrons. The van der Waals surface area contributed by atoms with Gasteiger partial charge < -0.3 is 0 Å². The van der Waals surface area contributed by atoms with Crippen molar-refractivity contribution >= 4 is 10.8 Å². The molecular weight excluding hydrogens is 309 g/mol. The lowest BCUT2D eigenvalue weighted by atomic mass is 10.0. The Hall–Kier alpha value is -2.73. The van der Waals surface area contributed by atoms with Crippen LogP contribution >= 0.6 is 0 Å². The fourth-order valence-electron chi connectivity index (χ4n) is 2.58. The van der Waals surface area contributed by atoms with Crippen LogP contribution in [0, 0.1) is 29.3 Å². The molecular formula is C21H15F3. The zero-order valence-electron chi connectivity index (χ0n) is 13.2. The van der Waals surface area contributed by atoms with Crippen molar-refractivity contribution in [2.75, 3.05) is 0 Å². The van der Waals surface area contributed by atoms with Gasteiger partial charge in [0.2, 0.25) is 0 Å². The maximum Gasteiger partial charge on any atom is 0.174 e. The quantitative estimate of drug-likeness (QED) is 0.538. The second kappa shape index (κ2) is 6.80. The molecule has 0 heterocycles. The molecule has 24 heavy (non-hydrogen) atoms. The second-order valence-corrected chi connectivity index (χ2v) is 5.61. The Morgan fingerprint density at radius 1 is 0.792 bits per heavy atom. The number of benzene rings is 3. The molecule has 0 radical (unpaired) electrons. The number of hydrogen-bond donors (Lipinski definition) is 0. The van der Waals surface area contributed by atoms with Crippen molar-refractivity contribution in [3.63, 3.8) is 0 Å². The normalized spacial score (nSPS) is 10.5. The Kier molecular flexibility index (Phi) is 4.57. The molecule has 0 aliphatic carbocycles. The van der Waals surface area contributed by atoms with Gasteiger partial charge in [-0.05, 0) is 53.1 Å². The molecule has 0 fully saturated rings. The predicted octanol–water partition coefficient (Wildman–Crippen LogP) is 5.61. The Morgan fingerprint density at radius 3 is 2.33 bits per heavy atom. The van der Waals surface area contributed by atoms with Crippen LogP contribution in [-0.2, 0) is 6.42 Å². The smallest absolute Gasteiger partial charge is 0.174 e. The Morgan fingerprint density at radius 2 is 1.54 bits per heavy atom. The molecule has 3 aromatic rings. The topological polar surface area (TPSA) is 0 Å². The summed E-state index contributed by atoms with van der Waals surface area (Å²) >= 11 is 0. The molecule has 0 atom stereocenters. The lowest BCUT2D eigenvalue weighted by molar-refractivity contribution is 0.496. The van der Waals surface area contributed by atoms with Crippen LogP contribution in [0.3, 0.4) is 0 Å². The van der Waals surface area contributed by atoms with Gasteiger partial charge in [0.1, 0.15) is 5.82 Å². The highest BCUT2D eigenvalue weighted by molar-refractivity contribution is 5.83. The first-order valence-corrected chi connectivity index (χ1v) is 7.76. The van der Waals surface area contributed by atoms with Gasteiger partial charge in [0.15, 0.2) is 11.6 Å². The van der Waals surface area contributed by atoms with Crippen LogP contribution in [0.5, 0.6) is 0 Å². The average molecular weight is 324 g/mol. The summed E-state index contributed by atoms with van der Waals surface area (Å²) in [6, 6.07) is 12.8. The minimum atomic E-state index is -0.906. The van der Waals surface area contributed by atoms with Crippen LogP contribution < -0.4 is 0 Å². The van der Waals surface area contributed by atoms with Crippen molar-refractivity contribution in [3.8, 4) is 11.8 Å². The van der Waals surface area contributed by atoms with Gasteiger partial charge in [-0.1, -0.05) is 43.4 Å². The first-order valence-electron chi connectivity index (χ1n) is 7.76. The summed E-state index contributed by atoms with van der Waals surface area (Å²) in [4.78, 5) is 0.